The van der Waals surface area contributed by atoms with Crippen molar-refractivity contribution < 1.29 is 32.3 Å². The molecule has 0 bridgehead atoms. The van der Waals surface area contributed by atoms with Crippen LogP contribution in [0.25, 0.3) is 0 Å². The molecule has 1 aromatic carbocycles. The van der Waals surface area contributed by atoms with Gasteiger partial charge in [0, 0.05) is 31.5 Å². The lowest BCUT2D eigenvalue weighted by molar-refractivity contribution is -0.144. The number of rotatable bonds is 5. The topological polar surface area (TPSA) is 75.7 Å². The van der Waals surface area contributed by atoms with E-state index in [9.17, 15) is 27.6 Å². The Kier molecular flexibility index (Phi) is 5.60. The van der Waals surface area contributed by atoms with E-state index >= 15 is 0 Å². The molecule has 0 spiro atoms. The maximum absolute atomic E-state index is 12.7. The van der Waals surface area contributed by atoms with Gasteiger partial charge in [-0.15, -0.1) is 0 Å². The number of ether oxygens (including phenoxy) is 1. The van der Waals surface area contributed by atoms with E-state index in [1.54, 1.807) is 6.07 Å². The number of hydrogen-bond donors (Lipinski definition) is 1. The fourth-order valence-electron chi connectivity index (χ4n) is 3.76. The average molecular weight is 412 g/mol. The van der Waals surface area contributed by atoms with Crippen LogP contribution in [0, 0.1) is 5.92 Å². The quantitative estimate of drug-likeness (QED) is 0.596. The Bertz CT molecular complexity index is 822. The molecule has 9 heteroatoms. The molecule has 0 radical (unpaired) electrons. The van der Waals surface area contributed by atoms with Crippen molar-refractivity contribution in [2.24, 2.45) is 5.92 Å². The summed E-state index contributed by atoms with van der Waals surface area (Å²) in [6, 6.07) is 6.84. The molecule has 2 aliphatic heterocycles. The Labute approximate surface area is 166 Å². The molecule has 0 aliphatic carbocycles. The number of benzene rings is 1. The van der Waals surface area contributed by atoms with Crippen LogP contribution in [0.2, 0.25) is 0 Å². The van der Waals surface area contributed by atoms with Crippen LogP contribution < -0.4 is 10.1 Å². The molecule has 2 amide bonds. The minimum atomic E-state index is -4.33. The van der Waals surface area contributed by atoms with Crippen molar-refractivity contribution in [2.45, 2.75) is 50.9 Å². The molecular weight excluding hydrogens is 389 g/mol. The second-order valence-corrected chi connectivity index (χ2v) is 8.05. The van der Waals surface area contributed by atoms with Gasteiger partial charge in [0.05, 0.1) is 6.04 Å². The van der Waals surface area contributed by atoms with Crippen LogP contribution in [0.15, 0.2) is 24.3 Å². The van der Waals surface area contributed by atoms with Crippen molar-refractivity contribution in [1.82, 2.24) is 10.2 Å². The number of fused-ring (bicyclic) bond motifs is 1. The van der Waals surface area contributed by atoms with E-state index < -0.39 is 47.8 Å². The van der Waals surface area contributed by atoms with Crippen molar-refractivity contribution in [3.8, 4) is 5.75 Å². The number of alkyl halides is 3. The minimum Gasteiger partial charge on any atom is -0.487 e. The predicted molar refractivity (Wildman–Crippen MR) is 97.0 cm³/mol. The summed E-state index contributed by atoms with van der Waals surface area (Å²) >= 11 is 0. The fourth-order valence-corrected chi connectivity index (χ4v) is 3.76. The van der Waals surface area contributed by atoms with E-state index in [4.69, 9.17) is 4.74 Å². The molecular formula is C20H23F3N2O4. The molecule has 0 aromatic heterocycles. The number of likely N-dealkylation sites (tertiary alicyclic amines) is 1. The zero-order valence-corrected chi connectivity index (χ0v) is 16.2. The Morgan fingerprint density at radius 2 is 1.97 bits per heavy atom. The summed E-state index contributed by atoms with van der Waals surface area (Å²) in [7, 11) is 0. The SMILES string of the molecule is CC1(C)CC(NC(=O)C2CN(CCCC(F)(F)F)C(=O)C2=O)c2ccccc2O1. The molecule has 1 saturated heterocycles. The van der Waals surface area contributed by atoms with Gasteiger partial charge in [0.25, 0.3) is 5.91 Å². The Hall–Kier alpha value is -2.58. The molecule has 158 valence electrons. The zero-order valence-electron chi connectivity index (χ0n) is 16.2. The van der Waals surface area contributed by atoms with Gasteiger partial charge >= 0.3 is 6.18 Å². The molecule has 6 nitrogen and oxygen atoms in total. The van der Waals surface area contributed by atoms with Gasteiger partial charge in [-0.1, -0.05) is 18.2 Å². The van der Waals surface area contributed by atoms with Crippen LogP contribution in [-0.4, -0.2) is 47.4 Å². The summed E-state index contributed by atoms with van der Waals surface area (Å²) in [6.45, 7) is 3.36. The highest BCUT2D eigenvalue weighted by atomic mass is 19.4. The Morgan fingerprint density at radius 1 is 1.28 bits per heavy atom. The smallest absolute Gasteiger partial charge is 0.389 e. The van der Waals surface area contributed by atoms with Gasteiger partial charge in [-0.05, 0) is 26.3 Å². The molecule has 2 aliphatic rings. The molecule has 1 fully saturated rings. The molecule has 1 aromatic rings. The maximum Gasteiger partial charge on any atom is 0.389 e. The number of nitrogens with one attached hydrogen (secondary N) is 1. The number of halogens is 3. The molecule has 2 atom stereocenters. The van der Waals surface area contributed by atoms with Gasteiger partial charge in [-0.25, -0.2) is 0 Å². The van der Waals surface area contributed by atoms with E-state index in [0.29, 0.717) is 12.2 Å². The van der Waals surface area contributed by atoms with Crippen molar-refractivity contribution >= 4 is 17.6 Å². The van der Waals surface area contributed by atoms with Crippen LogP contribution in [-0.2, 0) is 14.4 Å². The van der Waals surface area contributed by atoms with Crippen molar-refractivity contribution in [3.05, 3.63) is 29.8 Å². The summed E-state index contributed by atoms with van der Waals surface area (Å²) in [5.74, 6) is -2.96. The molecule has 3 rings (SSSR count). The monoisotopic (exact) mass is 412 g/mol. The Morgan fingerprint density at radius 3 is 2.66 bits per heavy atom. The highest BCUT2D eigenvalue weighted by molar-refractivity contribution is 6.42. The standard InChI is InChI=1S/C20H23F3N2O4/c1-19(2)10-14(12-6-3-4-7-15(12)29-19)24-17(27)13-11-25(18(28)16(13)26)9-5-8-20(21,22)23/h3-4,6-7,13-14H,5,8-11H2,1-2H3,(H,24,27). The first-order valence-electron chi connectivity index (χ1n) is 9.45. The average Bonchev–Trinajstić information content (AvgIpc) is 2.88. The number of ketones is 1. The van der Waals surface area contributed by atoms with Gasteiger partial charge in [-0.3, -0.25) is 14.4 Å². The van der Waals surface area contributed by atoms with Crippen molar-refractivity contribution in [2.75, 3.05) is 13.1 Å². The maximum atomic E-state index is 12.7. The van der Waals surface area contributed by atoms with Crippen LogP contribution in [0.4, 0.5) is 13.2 Å². The van der Waals surface area contributed by atoms with Crippen molar-refractivity contribution in [3.63, 3.8) is 0 Å². The number of carbonyl (C=O) groups excluding carboxylic acids is 3. The molecule has 2 heterocycles. The van der Waals surface area contributed by atoms with Gasteiger partial charge in [0.15, 0.2) is 0 Å². The summed E-state index contributed by atoms with van der Waals surface area (Å²) in [6.07, 6.45) is -5.21. The van der Waals surface area contributed by atoms with E-state index in [1.165, 1.54) is 0 Å². The third-order valence-corrected chi connectivity index (χ3v) is 5.12. The first-order chi connectivity index (χ1) is 13.5. The second kappa shape index (κ2) is 7.68. The van der Waals surface area contributed by atoms with Crippen LogP contribution in [0.3, 0.4) is 0 Å². The van der Waals surface area contributed by atoms with Crippen molar-refractivity contribution in [1.29, 1.82) is 0 Å². The number of hydrogen-bond acceptors (Lipinski definition) is 4. The van der Waals surface area contributed by atoms with Crippen LogP contribution in [0.1, 0.15) is 44.7 Å². The van der Waals surface area contributed by atoms with E-state index in [-0.39, 0.29) is 19.5 Å². The third-order valence-electron chi connectivity index (χ3n) is 5.12. The molecule has 29 heavy (non-hydrogen) atoms. The fraction of sp³-hybridized carbons (Fsp3) is 0.550. The lowest BCUT2D eigenvalue weighted by atomic mass is 9.89. The van der Waals surface area contributed by atoms with E-state index in [0.717, 1.165) is 10.5 Å². The number of Topliss-reactive ketones (excluding diaryl/α,β-unsaturated/α-hetero) is 1. The summed E-state index contributed by atoms with van der Waals surface area (Å²) in [4.78, 5) is 38.1. The van der Waals surface area contributed by atoms with Gasteiger partial charge in [0.2, 0.25) is 11.7 Å². The van der Waals surface area contributed by atoms with Gasteiger partial charge < -0.3 is 15.0 Å². The first kappa shape index (κ1) is 21.1. The number of para-hydroxylation sites is 1. The number of carbonyl (C=O) groups is 3. The van der Waals surface area contributed by atoms with Crippen LogP contribution in [0.5, 0.6) is 5.75 Å². The lowest BCUT2D eigenvalue weighted by Crippen LogP contribution is -2.44. The zero-order chi connectivity index (χ0) is 21.4. The van der Waals surface area contributed by atoms with Gasteiger partial charge in [-0.2, -0.15) is 13.2 Å². The number of amides is 2. The second-order valence-electron chi connectivity index (χ2n) is 8.05. The summed E-state index contributed by atoms with van der Waals surface area (Å²) in [5.41, 5.74) is 0.241. The Balaban J connectivity index is 1.66. The molecule has 0 saturated carbocycles. The third kappa shape index (κ3) is 4.89. The summed E-state index contributed by atoms with van der Waals surface area (Å²) in [5, 5.41) is 2.83. The van der Waals surface area contributed by atoms with Crippen LogP contribution >= 0.6 is 0 Å². The highest BCUT2D eigenvalue weighted by Gasteiger charge is 2.44. The molecule has 2 unspecified atom stereocenters. The summed E-state index contributed by atoms with van der Waals surface area (Å²) < 4.78 is 42.8. The van der Waals surface area contributed by atoms with E-state index in [2.05, 4.69) is 5.32 Å². The van der Waals surface area contributed by atoms with Gasteiger partial charge in [0.1, 0.15) is 17.3 Å². The number of nitrogens with zero attached hydrogens (tertiary/aromatic N) is 1. The van der Waals surface area contributed by atoms with E-state index in [1.807, 2.05) is 32.0 Å². The largest absolute Gasteiger partial charge is 0.487 e. The molecule has 1 N–H and O–H groups in total. The normalized spacial score (nSPS) is 23.6. The first-order valence-corrected chi connectivity index (χ1v) is 9.45. The lowest BCUT2D eigenvalue weighted by Gasteiger charge is -2.38. The highest BCUT2D eigenvalue weighted by Crippen LogP contribution is 2.39. The predicted octanol–water partition coefficient (Wildman–Crippen LogP) is 2.78. The minimum absolute atomic E-state index is 0.199.